The standard InChI is InChI=1S/C21H20N2O3/c24-20(22-8-7-21-11-14(12-21)13-26-21)16-10-18(19-6-3-9-25-19)23-17-5-2-1-4-15(16)17/h1-6,9-10,14H,7-8,11-13H2,(H,22,24). The maximum absolute atomic E-state index is 12.9. The summed E-state index contributed by atoms with van der Waals surface area (Å²) in [5.41, 5.74) is 2.10. The van der Waals surface area contributed by atoms with Crippen LogP contribution in [0.2, 0.25) is 0 Å². The van der Waals surface area contributed by atoms with E-state index in [2.05, 4.69) is 10.3 Å². The number of nitrogens with zero attached hydrogens (tertiary/aromatic N) is 1. The SMILES string of the molecule is O=C(NCCC12CC(CO1)C2)c1cc(-c2ccco2)nc2ccccc12. The lowest BCUT2D eigenvalue weighted by Gasteiger charge is -2.35. The van der Waals surface area contributed by atoms with Crippen molar-refractivity contribution >= 4 is 16.8 Å². The lowest BCUT2D eigenvalue weighted by molar-refractivity contribution is -0.00505. The van der Waals surface area contributed by atoms with E-state index in [4.69, 9.17) is 9.15 Å². The minimum absolute atomic E-state index is 0.0254. The molecular formula is C21H20N2O3. The Bertz CT molecular complexity index is 953. The molecule has 3 aromatic rings. The summed E-state index contributed by atoms with van der Waals surface area (Å²) < 4.78 is 11.3. The molecule has 2 aliphatic heterocycles. The largest absolute Gasteiger partial charge is 0.463 e. The van der Waals surface area contributed by atoms with Crippen LogP contribution < -0.4 is 5.32 Å². The normalized spacial score (nSPS) is 23.8. The first-order valence-electron chi connectivity index (χ1n) is 9.08. The summed E-state index contributed by atoms with van der Waals surface area (Å²) in [7, 11) is 0. The van der Waals surface area contributed by atoms with Gasteiger partial charge in [0.15, 0.2) is 5.76 Å². The van der Waals surface area contributed by atoms with E-state index in [1.165, 1.54) is 0 Å². The van der Waals surface area contributed by atoms with Crippen molar-refractivity contribution in [1.82, 2.24) is 10.3 Å². The van der Waals surface area contributed by atoms with E-state index in [-0.39, 0.29) is 11.5 Å². The van der Waals surface area contributed by atoms with Gasteiger partial charge in [0.05, 0.1) is 29.6 Å². The number of hydrogen-bond donors (Lipinski definition) is 1. The van der Waals surface area contributed by atoms with Crippen LogP contribution in [0.25, 0.3) is 22.4 Å². The highest BCUT2D eigenvalue weighted by molar-refractivity contribution is 6.07. The van der Waals surface area contributed by atoms with Gasteiger partial charge in [-0.2, -0.15) is 0 Å². The first-order chi connectivity index (χ1) is 12.7. The zero-order valence-corrected chi connectivity index (χ0v) is 14.4. The minimum Gasteiger partial charge on any atom is -0.463 e. The van der Waals surface area contributed by atoms with Crippen molar-refractivity contribution in [2.75, 3.05) is 13.2 Å². The highest BCUT2D eigenvalue weighted by atomic mass is 16.5. The van der Waals surface area contributed by atoms with Gasteiger partial charge in [0, 0.05) is 11.9 Å². The summed E-state index contributed by atoms with van der Waals surface area (Å²) in [5, 5.41) is 3.91. The zero-order valence-electron chi connectivity index (χ0n) is 14.4. The number of fused-ring (bicyclic) bond motifs is 2. The van der Waals surface area contributed by atoms with E-state index in [9.17, 15) is 4.79 Å². The van der Waals surface area contributed by atoms with Crippen molar-refractivity contribution in [3.63, 3.8) is 0 Å². The quantitative estimate of drug-likeness (QED) is 0.762. The molecule has 26 heavy (non-hydrogen) atoms. The molecule has 3 aliphatic rings. The summed E-state index contributed by atoms with van der Waals surface area (Å²) >= 11 is 0. The van der Waals surface area contributed by atoms with Crippen molar-refractivity contribution in [2.45, 2.75) is 24.9 Å². The molecule has 6 rings (SSSR count). The second-order valence-electron chi connectivity index (χ2n) is 7.32. The van der Waals surface area contributed by atoms with Crippen molar-refractivity contribution in [1.29, 1.82) is 0 Å². The molecule has 2 saturated heterocycles. The van der Waals surface area contributed by atoms with Crippen LogP contribution in [0.5, 0.6) is 0 Å². The van der Waals surface area contributed by atoms with Crippen LogP contribution >= 0.6 is 0 Å². The first kappa shape index (κ1) is 15.6. The Kier molecular flexibility index (Phi) is 3.57. The number of benzene rings is 1. The number of rotatable bonds is 5. The summed E-state index contributed by atoms with van der Waals surface area (Å²) in [6, 6.07) is 13.2. The smallest absolute Gasteiger partial charge is 0.252 e. The predicted octanol–water partition coefficient (Wildman–Crippen LogP) is 3.79. The number of nitrogens with one attached hydrogen (secondary N) is 1. The van der Waals surface area contributed by atoms with E-state index in [1.54, 1.807) is 12.3 Å². The van der Waals surface area contributed by atoms with E-state index >= 15 is 0 Å². The lowest BCUT2D eigenvalue weighted by atomic mass is 9.73. The van der Waals surface area contributed by atoms with Gasteiger partial charge >= 0.3 is 0 Å². The van der Waals surface area contributed by atoms with Crippen molar-refractivity contribution in [2.24, 2.45) is 5.92 Å². The molecular weight excluding hydrogens is 328 g/mol. The summed E-state index contributed by atoms with van der Waals surface area (Å²) in [6.45, 7) is 1.51. The summed E-state index contributed by atoms with van der Waals surface area (Å²) in [4.78, 5) is 17.5. The fourth-order valence-electron chi connectivity index (χ4n) is 4.21. The van der Waals surface area contributed by atoms with Gasteiger partial charge in [-0.15, -0.1) is 0 Å². The number of pyridine rings is 1. The molecule has 1 amide bonds. The monoisotopic (exact) mass is 348 g/mol. The Morgan fingerprint density at radius 2 is 2.12 bits per heavy atom. The first-order valence-corrected chi connectivity index (χ1v) is 9.08. The fraction of sp³-hybridized carbons (Fsp3) is 0.333. The maximum Gasteiger partial charge on any atom is 0.252 e. The summed E-state index contributed by atoms with van der Waals surface area (Å²) in [5.74, 6) is 1.32. The zero-order chi connectivity index (χ0) is 17.6. The molecule has 5 nitrogen and oxygen atoms in total. The third kappa shape index (κ3) is 2.59. The fourth-order valence-corrected chi connectivity index (χ4v) is 4.21. The molecule has 0 radical (unpaired) electrons. The Labute approximate surface area is 151 Å². The Morgan fingerprint density at radius 1 is 1.23 bits per heavy atom. The molecule has 2 aromatic heterocycles. The highest BCUT2D eigenvalue weighted by Crippen LogP contribution is 2.50. The average molecular weight is 348 g/mol. The van der Waals surface area contributed by atoms with Gasteiger partial charge < -0.3 is 14.5 Å². The van der Waals surface area contributed by atoms with Crippen LogP contribution in [0.4, 0.5) is 0 Å². The molecule has 1 aromatic carbocycles. The molecule has 0 unspecified atom stereocenters. The second kappa shape index (κ2) is 5.95. The molecule has 1 aliphatic carbocycles. The van der Waals surface area contributed by atoms with Crippen molar-refractivity contribution in [3.8, 4) is 11.5 Å². The highest BCUT2D eigenvalue weighted by Gasteiger charge is 2.51. The van der Waals surface area contributed by atoms with Crippen molar-refractivity contribution < 1.29 is 13.9 Å². The molecule has 2 bridgehead atoms. The summed E-state index contributed by atoms with van der Waals surface area (Å²) in [6.07, 6.45) is 4.77. The van der Waals surface area contributed by atoms with E-state index in [0.29, 0.717) is 23.6 Å². The predicted molar refractivity (Wildman–Crippen MR) is 97.8 cm³/mol. The van der Waals surface area contributed by atoms with Crippen LogP contribution in [0.1, 0.15) is 29.6 Å². The number of amides is 1. The van der Waals surface area contributed by atoms with Gasteiger partial charge in [0.2, 0.25) is 0 Å². The number of aromatic nitrogens is 1. The molecule has 0 spiro atoms. The molecule has 3 fully saturated rings. The van der Waals surface area contributed by atoms with Crippen LogP contribution in [-0.2, 0) is 4.74 Å². The number of carbonyl (C=O) groups is 1. The van der Waals surface area contributed by atoms with Gasteiger partial charge in [-0.1, -0.05) is 18.2 Å². The lowest BCUT2D eigenvalue weighted by Crippen LogP contribution is -2.40. The molecule has 132 valence electrons. The number of para-hydroxylation sites is 1. The molecule has 1 N–H and O–H groups in total. The van der Waals surface area contributed by atoms with Gasteiger partial charge in [0.1, 0.15) is 5.69 Å². The average Bonchev–Trinajstić information content (AvgIpc) is 3.37. The van der Waals surface area contributed by atoms with Gasteiger partial charge in [-0.25, -0.2) is 4.98 Å². The Hall–Kier alpha value is -2.66. The molecule has 1 saturated carbocycles. The molecule has 0 atom stereocenters. The maximum atomic E-state index is 12.9. The topological polar surface area (TPSA) is 64.4 Å². The van der Waals surface area contributed by atoms with Crippen LogP contribution in [0.15, 0.2) is 53.1 Å². The van der Waals surface area contributed by atoms with Crippen LogP contribution in [-0.4, -0.2) is 29.6 Å². The molecule has 5 heteroatoms. The third-order valence-corrected chi connectivity index (χ3v) is 5.55. The third-order valence-electron chi connectivity index (χ3n) is 5.55. The number of furan rings is 1. The number of ether oxygens (including phenoxy) is 1. The van der Waals surface area contributed by atoms with E-state index in [0.717, 1.165) is 42.7 Å². The Morgan fingerprint density at radius 3 is 2.88 bits per heavy atom. The Balaban J connectivity index is 1.40. The number of hydrogen-bond acceptors (Lipinski definition) is 4. The number of carbonyl (C=O) groups excluding carboxylic acids is 1. The van der Waals surface area contributed by atoms with E-state index < -0.39 is 0 Å². The van der Waals surface area contributed by atoms with Gasteiger partial charge in [-0.05, 0) is 49.4 Å². The van der Waals surface area contributed by atoms with Crippen LogP contribution in [0, 0.1) is 5.92 Å². The second-order valence-corrected chi connectivity index (χ2v) is 7.32. The van der Waals surface area contributed by atoms with Crippen molar-refractivity contribution in [3.05, 3.63) is 54.3 Å². The molecule has 4 heterocycles. The van der Waals surface area contributed by atoms with Gasteiger partial charge in [0.25, 0.3) is 5.91 Å². The van der Waals surface area contributed by atoms with E-state index in [1.807, 2.05) is 36.4 Å². The minimum atomic E-state index is -0.0818. The van der Waals surface area contributed by atoms with Gasteiger partial charge in [-0.3, -0.25) is 4.79 Å². The van der Waals surface area contributed by atoms with Crippen LogP contribution in [0.3, 0.4) is 0 Å².